The van der Waals surface area contributed by atoms with E-state index in [9.17, 15) is 8.78 Å². The van der Waals surface area contributed by atoms with Gasteiger partial charge in [-0.15, -0.1) is 0 Å². The quantitative estimate of drug-likeness (QED) is 0.349. The summed E-state index contributed by atoms with van der Waals surface area (Å²) >= 11 is 7.97. The van der Waals surface area contributed by atoms with Crippen molar-refractivity contribution < 1.29 is 13.5 Å². The van der Waals surface area contributed by atoms with Crippen LogP contribution in [-0.2, 0) is 16.9 Å². The zero-order valence-electron chi connectivity index (χ0n) is 16.0. The largest absolute Gasteiger partial charge is 0.354 e. The molecular formula is C21H20ClF2N3OS. The number of epoxide rings is 1. The van der Waals surface area contributed by atoms with Gasteiger partial charge in [0.1, 0.15) is 29.7 Å². The lowest BCUT2D eigenvalue weighted by molar-refractivity contribution is 0.250. The highest BCUT2D eigenvalue weighted by Gasteiger charge is 2.61. The van der Waals surface area contributed by atoms with Crippen LogP contribution in [0.2, 0.25) is 5.02 Å². The van der Waals surface area contributed by atoms with E-state index < -0.39 is 23.3 Å². The Balaban J connectivity index is 1.74. The molecule has 1 aromatic heterocycles. The summed E-state index contributed by atoms with van der Waals surface area (Å²) in [5, 5.41) is 5.95. The van der Waals surface area contributed by atoms with Crippen molar-refractivity contribution in [1.82, 2.24) is 14.8 Å². The van der Waals surface area contributed by atoms with Crippen LogP contribution in [0.15, 0.2) is 53.9 Å². The van der Waals surface area contributed by atoms with Crippen LogP contribution in [0.1, 0.15) is 37.5 Å². The third-order valence-electron chi connectivity index (χ3n) is 5.12. The fraction of sp³-hybridized carbons (Fsp3) is 0.333. The van der Waals surface area contributed by atoms with E-state index in [2.05, 4.69) is 23.9 Å². The van der Waals surface area contributed by atoms with Gasteiger partial charge in [0.25, 0.3) is 0 Å². The van der Waals surface area contributed by atoms with Crippen LogP contribution in [-0.4, -0.2) is 20.0 Å². The van der Waals surface area contributed by atoms with Gasteiger partial charge in [0.2, 0.25) is 0 Å². The highest BCUT2D eigenvalue weighted by Crippen LogP contribution is 2.59. The summed E-state index contributed by atoms with van der Waals surface area (Å²) in [7, 11) is 0. The number of aromatic nitrogens is 3. The Labute approximate surface area is 177 Å². The smallest absolute Gasteiger partial charge is 0.186 e. The van der Waals surface area contributed by atoms with E-state index in [4.69, 9.17) is 16.3 Å². The molecule has 2 aromatic carbocycles. The molecule has 0 bridgehead atoms. The van der Waals surface area contributed by atoms with E-state index in [0.29, 0.717) is 10.3 Å². The summed E-state index contributed by atoms with van der Waals surface area (Å²) in [6.07, 6.45) is 1.99. The normalized spacial score (nSPS) is 21.9. The molecule has 3 atom stereocenters. The molecular weight excluding hydrogens is 416 g/mol. The lowest BCUT2D eigenvalue weighted by atomic mass is 9.91. The molecule has 2 heterocycles. The van der Waals surface area contributed by atoms with Crippen LogP contribution in [0.3, 0.4) is 0 Å². The SMILES string of the molecule is CCC(C)Sc1ncnn1C[C@]1(c2ccc(F)cc2F)O[C@@H]1c1ccccc1Cl. The second-order valence-electron chi connectivity index (χ2n) is 7.07. The van der Waals surface area contributed by atoms with Gasteiger partial charge < -0.3 is 4.74 Å². The molecule has 3 aromatic rings. The number of benzene rings is 2. The maximum absolute atomic E-state index is 14.8. The molecule has 4 rings (SSSR count). The van der Waals surface area contributed by atoms with Crippen LogP contribution in [0.25, 0.3) is 0 Å². The van der Waals surface area contributed by atoms with Crippen molar-refractivity contribution in [1.29, 1.82) is 0 Å². The third-order valence-corrected chi connectivity index (χ3v) is 6.72. The molecule has 8 heteroatoms. The highest BCUT2D eigenvalue weighted by molar-refractivity contribution is 7.99. The molecule has 0 aliphatic carbocycles. The van der Waals surface area contributed by atoms with Crippen molar-refractivity contribution in [3.05, 3.63) is 76.6 Å². The minimum atomic E-state index is -1.04. The van der Waals surface area contributed by atoms with Crippen LogP contribution >= 0.6 is 23.4 Å². The fourth-order valence-electron chi connectivity index (χ4n) is 3.36. The molecule has 152 valence electrons. The molecule has 0 saturated carbocycles. The number of hydrogen-bond donors (Lipinski definition) is 0. The lowest BCUT2D eigenvalue weighted by Crippen LogP contribution is -2.22. The first-order chi connectivity index (χ1) is 13.9. The molecule has 0 N–H and O–H groups in total. The maximum Gasteiger partial charge on any atom is 0.186 e. The minimum Gasteiger partial charge on any atom is -0.354 e. The second-order valence-corrected chi connectivity index (χ2v) is 8.88. The number of hydrogen-bond acceptors (Lipinski definition) is 4. The Morgan fingerprint density at radius 1 is 1.28 bits per heavy atom. The van der Waals surface area contributed by atoms with Crippen molar-refractivity contribution in [3.8, 4) is 0 Å². The zero-order chi connectivity index (χ0) is 20.6. The van der Waals surface area contributed by atoms with Crippen molar-refractivity contribution in [2.45, 2.75) is 48.9 Å². The monoisotopic (exact) mass is 435 g/mol. The fourth-order valence-corrected chi connectivity index (χ4v) is 4.46. The van der Waals surface area contributed by atoms with Crippen molar-refractivity contribution >= 4 is 23.4 Å². The molecule has 0 spiro atoms. The molecule has 0 amide bonds. The summed E-state index contributed by atoms with van der Waals surface area (Å²) in [6.45, 7) is 4.45. The molecule has 4 nitrogen and oxygen atoms in total. The lowest BCUT2D eigenvalue weighted by Gasteiger charge is -2.17. The highest BCUT2D eigenvalue weighted by atomic mass is 35.5. The Kier molecular flexibility index (Phi) is 5.64. The predicted molar refractivity (Wildman–Crippen MR) is 109 cm³/mol. The topological polar surface area (TPSA) is 43.2 Å². The van der Waals surface area contributed by atoms with E-state index in [1.165, 1.54) is 18.5 Å². The van der Waals surface area contributed by atoms with Gasteiger partial charge in [0, 0.05) is 27.5 Å². The number of ether oxygens (including phenoxy) is 1. The van der Waals surface area contributed by atoms with Crippen molar-refractivity contribution in [3.63, 3.8) is 0 Å². The van der Waals surface area contributed by atoms with E-state index in [1.54, 1.807) is 22.5 Å². The Morgan fingerprint density at radius 2 is 2.07 bits per heavy atom. The Bertz CT molecular complexity index is 1030. The summed E-state index contributed by atoms with van der Waals surface area (Å²) in [5.74, 6) is -1.29. The van der Waals surface area contributed by atoms with E-state index in [-0.39, 0.29) is 12.1 Å². The molecule has 1 fully saturated rings. The van der Waals surface area contributed by atoms with Crippen LogP contribution in [0, 0.1) is 11.6 Å². The molecule has 0 radical (unpaired) electrons. The van der Waals surface area contributed by atoms with Crippen LogP contribution < -0.4 is 0 Å². The van der Waals surface area contributed by atoms with Gasteiger partial charge >= 0.3 is 0 Å². The van der Waals surface area contributed by atoms with Crippen LogP contribution in [0.5, 0.6) is 0 Å². The maximum atomic E-state index is 14.8. The average molecular weight is 436 g/mol. The number of rotatable bonds is 7. The summed E-state index contributed by atoms with van der Waals surface area (Å²) in [5.41, 5.74) is -0.00530. The third kappa shape index (κ3) is 3.91. The average Bonchev–Trinajstić information content (AvgIpc) is 3.24. The Hall–Kier alpha value is -1.96. The zero-order valence-corrected chi connectivity index (χ0v) is 17.6. The molecule has 1 saturated heterocycles. The first-order valence-corrected chi connectivity index (χ1v) is 10.6. The summed E-state index contributed by atoms with van der Waals surface area (Å²) in [4.78, 5) is 4.34. The van der Waals surface area contributed by atoms with Crippen LogP contribution in [0.4, 0.5) is 8.78 Å². The van der Waals surface area contributed by atoms with Gasteiger partial charge in [-0.3, -0.25) is 0 Å². The van der Waals surface area contributed by atoms with Crippen molar-refractivity contribution in [2.24, 2.45) is 0 Å². The van der Waals surface area contributed by atoms with Gasteiger partial charge in [0.05, 0.1) is 6.54 Å². The second kappa shape index (κ2) is 8.05. The van der Waals surface area contributed by atoms with Gasteiger partial charge in [0.15, 0.2) is 5.16 Å². The molecule has 29 heavy (non-hydrogen) atoms. The number of halogens is 3. The number of thioether (sulfide) groups is 1. The summed E-state index contributed by atoms with van der Waals surface area (Å²) < 4.78 is 36.1. The van der Waals surface area contributed by atoms with Gasteiger partial charge in [-0.1, -0.05) is 61.5 Å². The molecule has 1 unspecified atom stereocenters. The van der Waals surface area contributed by atoms with E-state index in [1.807, 2.05) is 18.2 Å². The van der Waals surface area contributed by atoms with Gasteiger partial charge in [-0.05, 0) is 18.6 Å². The first kappa shape index (κ1) is 20.3. The number of nitrogens with zero attached hydrogens (tertiary/aromatic N) is 3. The van der Waals surface area contributed by atoms with Crippen molar-refractivity contribution in [2.75, 3.05) is 0 Å². The van der Waals surface area contributed by atoms with Gasteiger partial charge in [-0.25, -0.2) is 18.4 Å². The standard InChI is InChI=1S/C21H20ClF2N3OS/c1-3-13(2)29-20-25-12-26-27(20)11-21(16-9-8-14(23)10-18(16)24)19(28-21)15-6-4-5-7-17(15)22/h4-10,12-13,19H,3,11H2,1-2H3/t13?,19-,21-/m1/s1. The minimum absolute atomic E-state index is 0.240. The van der Waals surface area contributed by atoms with E-state index in [0.717, 1.165) is 23.2 Å². The first-order valence-electron chi connectivity index (χ1n) is 9.37. The Morgan fingerprint density at radius 3 is 2.79 bits per heavy atom. The molecule has 1 aliphatic rings. The molecule has 1 aliphatic heterocycles. The summed E-state index contributed by atoms with van der Waals surface area (Å²) in [6, 6.07) is 10.8. The predicted octanol–water partition coefficient (Wildman–Crippen LogP) is 5.77. The van der Waals surface area contributed by atoms with Gasteiger partial charge in [-0.2, -0.15) is 5.10 Å². The van der Waals surface area contributed by atoms with E-state index >= 15 is 0 Å².